The van der Waals surface area contributed by atoms with Gasteiger partial charge >= 0.3 is 0 Å². The Morgan fingerprint density at radius 1 is 1.38 bits per heavy atom. The van der Waals surface area contributed by atoms with Crippen molar-refractivity contribution in [2.45, 2.75) is 13.5 Å². The van der Waals surface area contributed by atoms with Gasteiger partial charge in [-0.25, -0.2) is 0 Å². The van der Waals surface area contributed by atoms with Crippen LogP contribution in [0.5, 0.6) is 0 Å². The van der Waals surface area contributed by atoms with Crippen LogP contribution in [0.2, 0.25) is 0 Å². The predicted octanol–water partition coefficient (Wildman–Crippen LogP) is 2.04. The van der Waals surface area contributed by atoms with Crippen molar-refractivity contribution in [1.29, 1.82) is 0 Å². The average molecular weight is 178 g/mol. The zero-order chi connectivity index (χ0) is 9.52. The van der Waals surface area contributed by atoms with Gasteiger partial charge in [0, 0.05) is 5.92 Å². The summed E-state index contributed by atoms with van der Waals surface area (Å²) in [6, 6.07) is 9.93. The molecule has 0 saturated heterocycles. The highest BCUT2D eigenvalue weighted by atomic mass is 16.5. The Bertz CT molecular complexity index is 244. The molecule has 1 rings (SSSR count). The highest BCUT2D eigenvalue weighted by Crippen LogP contribution is 2.01. The topological polar surface area (TPSA) is 26.3 Å². The maximum Gasteiger partial charge on any atom is 0.125 e. The van der Waals surface area contributed by atoms with Gasteiger partial charge in [-0.1, -0.05) is 37.3 Å². The average Bonchev–Trinajstić information content (AvgIpc) is 2.19. The second kappa shape index (κ2) is 5.49. The fourth-order valence-corrected chi connectivity index (χ4v) is 0.976. The Morgan fingerprint density at radius 2 is 2.08 bits per heavy atom. The number of benzene rings is 1. The molecule has 0 unspecified atom stereocenters. The molecule has 2 nitrogen and oxygen atoms in total. The standard InChI is InChI=1S/C11H14O2/c1-10(7-12)8-13-9-11-5-3-2-4-6-11/h2-7,10H,8-9H2,1H3/t10-/m0/s1. The highest BCUT2D eigenvalue weighted by Gasteiger charge is 1.98. The quantitative estimate of drug-likeness (QED) is 0.645. The lowest BCUT2D eigenvalue weighted by molar-refractivity contribution is -0.112. The van der Waals surface area contributed by atoms with E-state index in [2.05, 4.69) is 0 Å². The SMILES string of the molecule is C[C@@H](C=O)COCc1ccccc1. The lowest BCUT2D eigenvalue weighted by Crippen LogP contribution is -2.06. The number of rotatable bonds is 5. The van der Waals surface area contributed by atoms with Crippen molar-refractivity contribution in [1.82, 2.24) is 0 Å². The molecule has 0 spiro atoms. The Morgan fingerprint density at radius 3 is 2.69 bits per heavy atom. The highest BCUT2D eigenvalue weighted by molar-refractivity contribution is 5.52. The number of carbonyl (C=O) groups is 1. The third-order valence-electron chi connectivity index (χ3n) is 1.72. The second-order valence-corrected chi connectivity index (χ2v) is 3.11. The van der Waals surface area contributed by atoms with Crippen LogP contribution in [-0.4, -0.2) is 12.9 Å². The van der Waals surface area contributed by atoms with Crippen LogP contribution in [0, 0.1) is 5.92 Å². The van der Waals surface area contributed by atoms with E-state index >= 15 is 0 Å². The number of carbonyl (C=O) groups excluding carboxylic acids is 1. The molecule has 0 bridgehead atoms. The lowest BCUT2D eigenvalue weighted by atomic mass is 10.2. The summed E-state index contributed by atoms with van der Waals surface area (Å²) in [5, 5.41) is 0. The summed E-state index contributed by atoms with van der Waals surface area (Å²) in [5.41, 5.74) is 1.14. The minimum atomic E-state index is -0.0105. The molecule has 1 atom stereocenters. The van der Waals surface area contributed by atoms with Crippen LogP contribution in [0.15, 0.2) is 30.3 Å². The van der Waals surface area contributed by atoms with Gasteiger partial charge in [0.15, 0.2) is 0 Å². The molecule has 0 amide bonds. The summed E-state index contributed by atoms with van der Waals surface area (Å²) in [6.07, 6.45) is 0.908. The van der Waals surface area contributed by atoms with Crippen LogP contribution in [-0.2, 0) is 16.1 Å². The van der Waals surface area contributed by atoms with E-state index in [4.69, 9.17) is 4.74 Å². The van der Waals surface area contributed by atoms with Crippen molar-refractivity contribution in [2.24, 2.45) is 5.92 Å². The molecule has 0 aliphatic carbocycles. The van der Waals surface area contributed by atoms with Crippen molar-refractivity contribution in [3.05, 3.63) is 35.9 Å². The van der Waals surface area contributed by atoms with Crippen molar-refractivity contribution in [3.8, 4) is 0 Å². The van der Waals surface area contributed by atoms with Crippen LogP contribution in [0.4, 0.5) is 0 Å². The van der Waals surface area contributed by atoms with E-state index < -0.39 is 0 Å². The van der Waals surface area contributed by atoms with E-state index in [0.717, 1.165) is 11.8 Å². The van der Waals surface area contributed by atoms with Gasteiger partial charge in [0.05, 0.1) is 13.2 Å². The summed E-state index contributed by atoms with van der Waals surface area (Å²) >= 11 is 0. The Kier molecular flexibility index (Phi) is 4.19. The number of hydrogen-bond acceptors (Lipinski definition) is 2. The molecule has 0 aliphatic heterocycles. The van der Waals surface area contributed by atoms with Crippen molar-refractivity contribution in [3.63, 3.8) is 0 Å². The molecule has 0 aromatic heterocycles. The Hall–Kier alpha value is -1.15. The molecule has 1 aromatic carbocycles. The van der Waals surface area contributed by atoms with Crippen molar-refractivity contribution >= 4 is 6.29 Å². The third-order valence-corrected chi connectivity index (χ3v) is 1.72. The largest absolute Gasteiger partial charge is 0.376 e. The molecule has 0 aliphatic rings. The summed E-state index contributed by atoms with van der Waals surface area (Å²) < 4.78 is 5.34. The van der Waals surface area contributed by atoms with Crippen LogP contribution in [0.1, 0.15) is 12.5 Å². The fourth-order valence-electron chi connectivity index (χ4n) is 0.976. The third kappa shape index (κ3) is 3.85. The minimum Gasteiger partial charge on any atom is -0.376 e. The number of hydrogen-bond donors (Lipinski definition) is 0. The molecule has 0 fully saturated rings. The first-order valence-electron chi connectivity index (χ1n) is 4.40. The molecular weight excluding hydrogens is 164 g/mol. The number of ether oxygens (including phenoxy) is 1. The fraction of sp³-hybridized carbons (Fsp3) is 0.364. The second-order valence-electron chi connectivity index (χ2n) is 3.11. The van der Waals surface area contributed by atoms with E-state index in [1.54, 1.807) is 0 Å². The van der Waals surface area contributed by atoms with Crippen molar-refractivity contribution in [2.75, 3.05) is 6.61 Å². The molecule has 0 saturated carbocycles. The molecule has 70 valence electrons. The molecule has 0 heterocycles. The first kappa shape index (κ1) is 9.93. The summed E-state index contributed by atoms with van der Waals surface area (Å²) in [6.45, 7) is 2.93. The van der Waals surface area contributed by atoms with Gasteiger partial charge in [-0.05, 0) is 5.56 Å². The van der Waals surface area contributed by atoms with E-state index in [0.29, 0.717) is 13.2 Å². The van der Waals surface area contributed by atoms with Gasteiger partial charge in [0.1, 0.15) is 6.29 Å². The zero-order valence-corrected chi connectivity index (χ0v) is 7.77. The van der Waals surface area contributed by atoms with Gasteiger partial charge in [-0.15, -0.1) is 0 Å². The van der Waals surface area contributed by atoms with Crippen molar-refractivity contribution < 1.29 is 9.53 Å². The molecular formula is C11H14O2. The van der Waals surface area contributed by atoms with E-state index in [1.807, 2.05) is 37.3 Å². The first-order chi connectivity index (χ1) is 6.33. The summed E-state index contributed by atoms with van der Waals surface area (Å²) in [7, 11) is 0. The molecule has 2 heteroatoms. The minimum absolute atomic E-state index is 0.0105. The lowest BCUT2D eigenvalue weighted by Gasteiger charge is -2.05. The Balaban J connectivity index is 2.24. The van der Waals surface area contributed by atoms with Crippen LogP contribution in [0.3, 0.4) is 0 Å². The predicted molar refractivity (Wildman–Crippen MR) is 51.3 cm³/mol. The van der Waals surface area contributed by atoms with Gasteiger partial charge < -0.3 is 9.53 Å². The zero-order valence-electron chi connectivity index (χ0n) is 7.77. The monoisotopic (exact) mass is 178 g/mol. The summed E-state index contributed by atoms with van der Waals surface area (Å²) in [4.78, 5) is 10.3. The van der Waals surface area contributed by atoms with Crippen LogP contribution >= 0.6 is 0 Å². The summed E-state index contributed by atoms with van der Waals surface area (Å²) in [5.74, 6) is -0.0105. The van der Waals surface area contributed by atoms with E-state index in [9.17, 15) is 4.79 Å². The van der Waals surface area contributed by atoms with Crippen LogP contribution in [0.25, 0.3) is 0 Å². The van der Waals surface area contributed by atoms with Crippen LogP contribution < -0.4 is 0 Å². The molecule has 1 aromatic rings. The smallest absolute Gasteiger partial charge is 0.125 e. The van der Waals surface area contributed by atoms with Gasteiger partial charge in [0.25, 0.3) is 0 Å². The van der Waals surface area contributed by atoms with Gasteiger partial charge in [-0.2, -0.15) is 0 Å². The maximum absolute atomic E-state index is 10.3. The number of aldehydes is 1. The molecule has 0 N–H and O–H groups in total. The van der Waals surface area contributed by atoms with Gasteiger partial charge in [0.2, 0.25) is 0 Å². The molecule has 13 heavy (non-hydrogen) atoms. The Labute approximate surface area is 78.5 Å². The maximum atomic E-state index is 10.3. The van der Waals surface area contributed by atoms with E-state index in [1.165, 1.54) is 0 Å². The normalized spacial score (nSPS) is 12.4. The first-order valence-corrected chi connectivity index (χ1v) is 4.40. The van der Waals surface area contributed by atoms with Gasteiger partial charge in [-0.3, -0.25) is 0 Å². The molecule has 0 radical (unpaired) electrons. The van der Waals surface area contributed by atoms with E-state index in [-0.39, 0.29) is 5.92 Å².